The van der Waals surface area contributed by atoms with Crippen molar-refractivity contribution in [1.29, 1.82) is 0 Å². The van der Waals surface area contributed by atoms with Crippen molar-refractivity contribution in [3.63, 3.8) is 0 Å². The van der Waals surface area contributed by atoms with Crippen molar-refractivity contribution in [1.82, 2.24) is 0 Å². The van der Waals surface area contributed by atoms with E-state index in [-0.39, 0.29) is 5.97 Å². The zero-order chi connectivity index (χ0) is 13.2. The molecule has 0 spiro atoms. The lowest BCUT2D eigenvalue weighted by molar-refractivity contribution is -0.148. The Bertz CT molecular complexity index is 484. The van der Waals surface area contributed by atoms with E-state index < -0.39 is 5.60 Å². The molecule has 1 heterocycles. The Morgan fingerprint density at radius 2 is 2.17 bits per heavy atom. The molecule has 0 atom stereocenters. The molecule has 1 aliphatic heterocycles. The Hall–Kier alpha value is -1.77. The SMILES string of the molecule is CC(C)(C)OC(=O)/C=C/c1cccc2c1CCN2. The Balaban J connectivity index is 2.10. The Kier molecular flexibility index (Phi) is 3.41. The number of hydrogen-bond donors (Lipinski definition) is 1. The lowest BCUT2D eigenvalue weighted by Crippen LogP contribution is -2.22. The minimum absolute atomic E-state index is 0.300. The van der Waals surface area contributed by atoms with Gasteiger partial charge >= 0.3 is 5.97 Å². The maximum absolute atomic E-state index is 11.6. The number of rotatable bonds is 2. The van der Waals surface area contributed by atoms with E-state index in [4.69, 9.17) is 4.74 Å². The van der Waals surface area contributed by atoms with E-state index in [0.29, 0.717) is 0 Å². The smallest absolute Gasteiger partial charge is 0.331 e. The van der Waals surface area contributed by atoms with E-state index in [0.717, 1.165) is 18.5 Å². The van der Waals surface area contributed by atoms with Crippen molar-refractivity contribution in [2.24, 2.45) is 0 Å². The third-order valence-corrected chi connectivity index (χ3v) is 2.71. The van der Waals surface area contributed by atoms with Gasteiger partial charge < -0.3 is 10.1 Å². The first-order valence-corrected chi connectivity index (χ1v) is 6.22. The first-order valence-electron chi connectivity index (χ1n) is 6.22. The summed E-state index contributed by atoms with van der Waals surface area (Å²) < 4.78 is 5.24. The molecule has 96 valence electrons. The predicted octanol–water partition coefficient (Wildman–Crippen LogP) is 3.01. The molecule has 0 bridgehead atoms. The highest BCUT2D eigenvalue weighted by Crippen LogP contribution is 2.26. The lowest BCUT2D eigenvalue weighted by Gasteiger charge is -2.17. The molecule has 0 aromatic heterocycles. The summed E-state index contributed by atoms with van der Waals surface area (Å²) >= 11 is 0. The first kappa shape index (κ1) is 12.7. The second kappa shape index (κ2) is 4.84. The molecule has 1 aromatic carbocycles. The minimum atomic E-state index is -0.443. The van der Waals surface area contributed by atoms with Crippen molar-refractivity contribution in [3.8, 4) is 0 Å². The second-order valence-corrected chi connectivity index (χ2v) is 5.42. The molecule has 0 saturated heterocycles. The predicted molar refractivity (Wildman–Crippen MR) is 73.5 cm³/mol. The Labute approximate surface area is 108 Å². The van der Waals surface area contributed by atoms with Gasteiger partial charge in [-0.1, -0.05) is 12.1 Å². The van der Waals surface area contributed by atoms with Gasteiger partial charge in [0.25, 0.3) is 0 Å². The summed E-state index contributed by atoms with van der Waals surface area (Å²) in [4.78, 5) is 11.6. The fraction of sp³-hybridized carbons (Fsp3) is 0.400. The van der Waals surface area contributed by atoms with E-state index in [1.165, 1.54) is 17.3 Å². The molecule has 0 radical (unpaired) electrons. The van der Waals surface area contributed by atoms with Gasteiger partial charge in [-0.3, -0.25) is 0 Å². The van der Waals surface area contributed by atoms with Gasteiger partial charge in [-0.25, -0.2) is 4.79 Å². The monoisotopic (exact) mass is 245 g/mol. The third-order valence-electron chi connectivity index (χ3n) is 2.71. The van der Waals surface area contributed by atoms with Crippen LogP contribution in [-0.4, -0.2) is 18.1 Å². The maximum Gasteiger partial charge on any atom is 0.331 e. The molecule has 0 fully saturated rings. The fourth-order valence-corrected chi connectivity index (χ4v) is 2.02. The molecule has 0 unspecified atom stereocenters. The summed E-state index contributed by atoms with van der Waals surface area (Å²) in [5, 5.41) is 3.32. The largest absolute Gasteiger partial charge is 0.457 e. The van der Waals surface area contributed by atoms with Crippen LogP contribution in [-0.2, 0) is 16.0 Å². The zero-order valence-electron chi connectivity index (χ0n) is 11.1. The summed E-state index contributed by atoms with van der Waals surface area (Å²) in [6.07, 6.45) is 4.34. The van der Waals surface area contributed by atoms with Gasteiger partial charge in [0.05, 0.1) is 0 Å². The topological polar surface area (TPSA) is 38.3 Å². The fourth-order valence-electron chi connectivity index (χ4n) is 2.02. The van der Waals surface area contributed by atoms with Crippen LogP contribution in [0.25, 0.3) is 6.08 Å². The molecule has 2 rings (SSSR count). The Morgan fingerprint density at radius 1 is 1.39 bits per heavy atom. The zero-order valence-corrected chi connectivity index (χ0v) is 11.1. The molecule has 3 nitrogen and oxygen atoms in total. The van der Waals surface area contributed by atoms with Crippen LogP contribution in [0.5, 0.6) is 0 Å². The van der Waals surface area contributed by atoms with Crippen molar-refractivity contribution in [2.45, 2.75) is 32.8 Å². The average molecular weight is 245 g/mol. The number of anilines is 1. The van der Waals surface area contributed by atoms with Gasteiger partial charge in [0, 0.05) is 18.3 Å². The van der Waals surface area contributed by atoms with Crippen LogP contribution in [0.15, 0.2) is 24.3 Å². The molecular weight excluding hydrogens is 226 g/mol. The molecule has 3 heteroatoms. The number of fused-ring (bicyclic) bond motifs is 1. The van der Waals surface area contributed by atoms with Crippen LogP contribution < -0.4 is 5.32 Å². The first-order chi connectivity index (χ1) is 8.46. The van der Waals surface area contributed by atoms with Crippen molar-refractivity contribution >= 4 is 17.7 Å². The summed E-state index contributed by atoms with van der Waals surface area (Å²) in [7, 11) is 0. The lowest BCUT2D eigenvalue weighted by atomic mass is 10.0. The van der Waals surface area contributed by atoms with Crippen LogP contribution in [0.1, 0.15) is 31.9 Å². The number of carbonyl (C=O) groups excluding carboxylic acids is 1. The maximum atomic E-state index is 11.6. The molecule has 0 amide bonds. The summed E-state index contributed by atoms with van der Waals surface area (Å²) in [5.74, 6) is -0.300. The van der Waals surface area contributed by atoms with E-state index in [2.05, 4.69) is 11.4 Å². The van der Waals surface area contributed by atoms with Crippen LogP contribution in [0.2, 0.25) is 0 Å². The summed E-state index contributed by atoms with van der Waals surface area (Å²) in [5.41, 5.74) is 3.09. The number of hydrogen-bond acceptors (Lipinski definition) is 3. The highest BCUT2D eigenvalue weighted by atomic mass is 16.6. The normalized spacial score (nSPS) is 14.4. The van der Waals surface area contributed by atoms with E-state index >= 15 is 0 Å². The Morgan fingerprint density at radius 3 is 2.89 bits per heavy atom. The average Bonchev–Trinajstić information content (AvgIpc) is 2.72. The number of esters is 1. The van der Waals surface area contributed by atoms with E-state index in [1.807, 2.05) is 39.0 Å². The molecule has 0 saturated carbocycles. The van der Waals surface area contributed by atoms with Crippen LogP contribution in [0, 0.1) is 0 Å². The van der Waals surface area contributed by atoms with Crippen LogP contribution >= 0.6 is 0 Å². The molecule has 18 heavy (non-hydrogen) atoms. The van der Waals surface area contributed by atoms with Gasteiger partial charge in [0.15, 0.2) is 0 Å². The van der Waals surface area contributed by atoms with E-state index in [9.17, 15) is 4.79 Å². The minimum Gasteiger partial charge on any atom is -0.457 e. The van der Waals surface area contributed by atoms with Crippen molar-refractivity contribution in [2.75, 3.05) is 11.9 Å². The second-order valence-electron chi connectivity index (χ2n) is 5.42. The number of nitrogens with one attached hydrogen (secondary N) is 1. The van der Waals surface area contributed by atoms with Crippen LogP contribution in [0.3, 0.4) is 0 Å². The van der Waals surface area contributed by atoms with Crippen LogP contribution in [0.4, 0.5) is 5.69 Å². The highest BCUT2D eigenvalue weighted by molar-refractivity contribution is 5.88. The van der Waals surface area contributed by atoms with Crippen molar-refractivity contribution < 1.29 is 9.53 Å². The molecule has 0 aliphatic carbocycles. The molecule has 1 aromatic rings. The number of ether oxygens (including phenoxy) is 1. The molecular formula is C15H19NO2. The molecule has 1 N–H and O–H groups in total. The standard InChI is InChI=1S/C15H19NO2/c1-15(2,3)18-14(17)8-7-11-5-4-6-13-12(11)9-10-16-13/h4-8,16H,9-10H2,1-3H3/b8-7+. The highest BCUT2D eigenvalue weighted by Gasteiger charge is 2.15. The van der Waals surface area contributed by atoms with Gasteiger partial charge in [-0.2, -0.15) is 0 Å². The summed E-state index contributed by atoms with van der Waals surface area (Å²) in [6, 6.07) is 6.08. The quantitative estimate of drug-likeness (QED) is 0.643. The van der Waals surface area contributed by atoms with Gasteiger partial charge in [0.2, 0.25) is 0 Å². The number of benzene rings is 1. The van der Waals surface area contributed by atoms with E-state index in [1.54, 1.807) is 0 Å². The molecule has 1 aliphatic rings. The summed E-state index contributed by atoms with van der Waals surface area (Å²) in [6.45, 7) is 6.56. The van der Waals surface area contributed by atoms with Gasteiger partial charge in [0.1, 0.15) is 5.60 Å². The third kappa shape index (κ3) is 3.13. The van der Waals surface area contributed by atoms with Gasteiger partial charge in [-0.05, 0) is 50.5 Å². The number of carbonyl (C=O) groups is 1. The van der Waals surface area contributed by atoms with Gasteiger partial charge in [-0.15, -0.1) is 0 Å². The van der Waals surface area contributed by atoms with Crippen molar-refractivity contribution in [3.05, 3.63) is 35.4 Å².